The normalized spacial score (nSPS) is 12.0. The van der Waals surface area contributed by atoms with Crippen LogP contribution in [0.5, 0.6) is 5.75 Å². The molecule has 1 N–H and O–H groups in total. The molecule has 0 fully saturated rings. The minimum absolute atomic E-state index is 0.0651. The molecular formula is C25H19Cl3N2O2. The van der Waals surface area contributed by atoms with Crippen LogP contribution in [-0.2, 0) is 11.4 Å². The van der Waals surface area contributed by atoms with Crippen LogP contribution < -0.4 is 10.1 Å². The number of nitriles is 1. The van der Waals surface area contributed by atoms with Gasteiger partial charge in [0.1, 0.15) is 18.2 Å². The molecule has 0 aliphatic rings. The summed E-state index contributed by atoms with van der Waals surface area (Å²) in [5, 5.41) is 13.4. The van der Waals surface area contributed by atoms with Gasteiger partial charge in [0.2, 0.25) is 0 Å². The summed E-state index contributed by atoms with van der Waals surface area (Å²) < 4.78 is 5.76. The topological polar surface area (TPSA) is 62.1 Å². The van der Waals surface area contributed by atoms with Crippen LogP contribution in [0.25, 0.3) is 6.08 Å². The maximum Gasteiger partial charge on any atom is 0.262 e. The largest absolute Gasteiger partial charge is 0.486 e. The highest BCUT2D eigenvalue weighted by atomic mass is 35.5. The quantitative estimate of drug-likeness (QED) is 0.289. The van der Waals surface area contributed by atoms with Crippen LogP contribution in [0.3, 0.4) is 0 Å². The van der Waals surface area contributed by atoms with Crippen LogP contribution >= 0.6 is 34.8 Å². The highest BCUT2D eigenvalue weighted by Crippen LogP contribution is 2.36. The molecule has 0 saturated carbocycles. The Bertz CT molecular complexity index is 1160. The number of ether oxygens (including phenoxy) is 1. The van der Waals surface area contributed by atoms with Crippen LogP contribution in [0.1, 0.15) is 29.7 Å². The lowest BCUT2D eigenvalue weighted by Crippen LogP contribution is -2.27. The number of nitrogens with zero attached hydrogens (tertiary/aromatic N) is 1. The molecule has 0 aromatic heterocycles. The Morgan fingerprint density at radius 3 is 2.28 bits per heavy atom. The lowest BCUT2D eigenvalue weighted by Gasteiger charge is -2.14. The number of rotatable bonds is 7. The Kier molecular flexibility index (Phi) is 8.19. The fourth-order valence-corrected chi connectivity index (χ4v) is 3.78. The average molecular weight is 486 g/mol. The van der Waals surface area contributed by atoms with Gasteiger partial charge in [-0.05, 0) is 42.3 Å². The lowest BCUT2D eigenvalue weighted by molar-refractivity contribution is -0.117. The molecule has 1 atom stereocenters. The van der Waals surface area contributed by atoms with Gasteiger partial charge in [0, 0.05) is 10.6 Å². The van der Waals surface area contributed by atoms with Gasteiger partial charge in [-0.3, -0.25) is 4.79 Å². The van der Waals surface area contributed by atoms with Crippen LogP contribution in [0.2, 0.25) is 15.1 Å². The molecule has 0 unspecified atom stereocenters. The molecule has 162 valence electrons. The van der Waals surface area contributed by atoms with Crippen LogP contribution in [0.15, 0.2) is 72.3 Å². The van der Waals surface area contributed by atoms with Gasteiger partial charge in [-0.25, -0.2) is 0 Å². The van der Waals surface area contributed by atoms with E-state index in [4.69, 9.17) is 39.5 Å². The molecule has 3 aromatic rings. The first kappa shape index (κ1) is 23.7. The first-order valence-electron chi connectivity index (χ1n) is 9.72. The number of carbonyl (C=O) groups is 1. The summed E-state index contributed by atoms with van der Waals surface area (Å²) in [5.41, 5.74) is 2.17. The van der Waals surface area contributed by atoms with Gasteiger partial charge >= 0.3 is 0 Å². The minimum atomic E-state index is -0.491. The molecule has 0 aliphatic carbocycles. The van der Waals surface area contributed by atoms with E-state index in [-0.39, 0.29) is 28.3 Å². The molecule has 0 spiro atoms. The van der Waals surface area contributed by atoms with E-state index < -0.39 is 5.91 Å². The first-order valence-corrected chi connectivity index (χ1v) is 10.8. The summed E-state index contributed by atoms with van der Waals surface area (Å²) >= 11 is 18.9. The number of hydrogen-bond donors (Lipinski definition) is 1. The van der Waals surface area contributed by atoms with Gasteiger partial charge in [-0.2, -0.15) is 5.26 Å². The monoisotopic (exact) mass is 484 g/mol. The van der Waals surface area contributed by atoms with Crippen molar-refractivity contribution in [2.24, 2.45) is 0 Å². The maximum absolute atomic E-state index is 12.6. The zero-order valence-corrected chi connectivity index (χ0v) is 19.4. The van der Waals surface area contributed by atoms with E-state index in [1.807, 2.05) is 61.5 Å². The van der Waals surface area contributed by atoms with Gasteiger partial charge in [0.05, 0.1) is 16.1 Å². The third-order valence-electron chi connectivity index (χ3n) is 4.67. The van der Waals surface area contributed by atoms with E-state index in [0.717, 1.165) is 11.1 Å². The highest BCUT2D eigenvalue weighted by molar-refractivity contribution is 6.37. The van der Waals surface area contributed by atoms with E-state index >= 15 is 0 Å². The van der Waals surface area contributed by atoms with Crippen LogP contribution in [-0.4, -0.2) is 5.91 Å². The summed E-state index contributed by atoms with van der Waals surface area (Å²) in [6.07, 6.45) is 1.43. The molecular weight excluding hydrogens is 467 g/mol. The van der Waals surface area contributed by atoms with Gasteiger partial charge in [-0.15, -0.1) is 0 Å². The number of hydrogen-bond acceptors (Lipinski definition) is 3. The van der Waals surface area contributed by atoms with E-state index in [2.05, 4.69) is 5.32 Å². The third-order valence-corrected chi connectivity index (χ3v) is 5.60. The van der Waals surface area contributed by atoms with E-state index in [9.17, 15) is 10.1 Å². The average Bonchev–Trinajstić information content (AvgIpc) is 2.78. The molecule has 3 aromatic carbocycles. The summed E-state index contributed by atoms with van der Waals surface area (Å²) in [6, 6.07) is 21.6. The predicted molar refractivity (Wildman–Crippen MR) is 129 cm³/mol. The molecule has 0 radical (unpaired) electrons. The summed E-state index contributed by atoms with van der Waals surface area (Å²) in [4.78, 5) is 12.6. The zero-order chi connectivity index (χ0) is 23.1. The highest BCUT2D eigenvalue weighted by Gasteiger charge is 2.15. The molecule has 4 nitrogen and oxygen atoms in total. The molecule has 32 heavy (non-hydrogen) atoms. The van der Waals surface area contributed by atoms with E-state index in [1.54, 1.807) is 18.2 Å². The van der Waals surface area contributed by atoms with Gasteiger partial charge < -0.3 is 10.1 Å². The second-order valence-electron chi connectivity index (χ2n) is 6.97. The smallest absolute Gasteiger partial charge is 0.262 e. The molecule has 0 bridgehead atoms. The number of benzene rings is 3. The Balaban J connectivity index is 1.75. The van der Waals surface area contributed by atoms with Crippen molar-refractivity contribution in [3.63, 3.8) is 0 Å². The maximum atomic E-state index is 12.6. The predicted octanol–water partition coefficient (Wildman–Crippen LogP) is 7.01. The Morgan fingerprint density at radius 1 is 1.03 bits per heavy atom. The number of halogens is 3. The fourth-order valence-electron chi connectivity index (χ4n) is 2.98. The standard InChI is InChI=1S/C25H19Cl3N2O2/c1-16(18-7-3-2-4-8-18)30-25(31)20(14-29)11-17-12-22(27)24(23(28)13-17)32-15-19-9-5-6-10-21(19)26/h2-13,16H,15H2,1H3,(H,30,31)/b20-11-/t16-/m0/s1. The van der Waals surface area contributed by atoms with Crippen LogP contribution in [0, 0.1) is 11.3 Å². The van der Waals surface area contributed by atoms with Gasteiger partial charge in [0.25, 0.3) is 5.91 Å². The molecule has 0 heterocycles. The molecule has 3 rings (SSSR count). The first-order chi connectivity index (χ1) is 15.4. The Labute approximate surface area is 202 Å². The summed E-state index contributed by atoms with van der Waals surface area (Å²) in [7, 11) is 0. The SMILES string of the molecule is C[C@H](NC(=O)/C(C#N)=C\c1cc(Cl)c(OCc2ccccc2Cl)c(Cl)c1)c1ccccc1. The van der Waals surface area contributed by atoms with Crippen LogP contribution in [0.4, 0.5) is 0 Å². The van der Waals surface area contributed by atoms with Crippen molar-refractivity contribution in [1.29, 1.82) is 5.26 Å². The molecule has 0 saturated heterocycles. The summed E-state index contributed by atoms with van der Waals surface area (Å²) in [5.74, 6) is -0.193. The van der Waals surface area contributed by atoms with Crippen molar-refractivity contribution in [1.82, 2.24) is 5.32 Å². The molecule has 7 heteroatoms. The summed E-state index contributed by atoms with van der Waals surface area (Å²) in [6.45, 7) is 2.04. The minimum Gasteiger partial charge on any atom is -0.486 e. The van der Waals surface area contributed by atoms with E-state index in [0.29, 0.717) is 16.3 Å². The van der Waals surface area contributed by atoms with E-state index in [1.165, 1.54) is 6.08 Å². The number of carbonyl (C=O) groups excluding carboxylic acids is 1. The van der Waals surface area contributed by atoms with Crippen molar-refractivity contribution in [3.05, 3.63) is 104 Å². The van der Waals surface area contributed by atoms with Gasteiger partial charge in [0.15, 0.2) is 5.75 Å². The molecule has 0 aliphatic heterocycles. The van der Waals surface area contributed by atoms with Crippen molar-refractivity contribution in [2.45, 2.75) is 19.6 Å². The second-order valence-corrected chi connectivity index (χ2v) is 8.19. The Hall–Kier alpha value is -2.97. The van der Waals surface area contributed by atoms with Gasteiger partial charge in [-0.1, -0.05) is 83.3 Å². The molecule has 1 amide bonds. The van der Waals surface area contributed by atoms with Crippen molar-refractivity contribution in [2.75, 3.05) is 0 Å². The number of nitrogens with one attached hydrogen (secondary N) is 1. The lowest BCUT2D eigenvalue weighted by atomic mass is 10.1. The van der Waals surface area contributed by atoms with Crippen molar-refractivity contribution >= 4 is 46.8 Å². The Morgan fingerprint density at radius 2 is 1.66 bits per heavy atom. The number of amides is 1. The van der Waals surface area contributed by atoms with Crippen molar-refractivity contribution < 1.29 is 9.53 Å². The zero-order valence-electron chi connectivity index (χ0n) is 17.1. The third kappa shape index (κ3) is 6.05. The second kappa shape index (κ2) is 11.1. The fraction of sp³-hybridized carbons (Fsp3) is 0.120. The van der Waals surface area contributed by atoms with Crippen molar-refractivity contribution in [3.8, 4) is 11.8 Å².